The van der Waals surface area contributed by atoms with Crippen LogP contribution in [0.5, 0.6) is 5.75 Å². The summed E-state index contributed by atoms with van der Waals surface area (Å²) < 4.78 is 5.79. The third-order valence-corrected chi connectivity index (χ3v) is 6.25. The molecule has 3 rings (SSSR count). The number of unbranched alkanes of at least 4 members (excludes halogenated alkanes) is 1. The van der Waals surface area contributed by atoms with Crippen LogP contribution in [0.1, 0.15) is 49.3 Å². The van der Waals surface area contributed by atoms with E-state index in [2.05, 4.69) is 12.2 Å². The number of ether oxygens (including phenoxy) is 1. The molecular formula is C31H38N2O3. The van der Waals surface area contributed by atoms with E-state index < -0.39 is 6.04 Å². The molecule has 0 aliphatic carbocycles. The van der Waals surface area contributed by atoms with Gasteiger partial charge in [0.15, 0.2) is 0 Å². The predicted octanol–water partition coefficient (Wildman–Crippen LogP) is 5.71. The average molecular weight is 487 g/mol. The Bertz CT molecular complexity index is 1070. The van der Waals surface area contributed by atoms with E-state index >= 15 is 0 Å². The fourth-order valence-electron chi connectivity index (χ4n) is 4.10. The van der Waals surface area contributed by atoms with Gasteiger partial charge in [-0.15, -0.1) is 0 Å². The molecule has 3 aromatic carbocycles. The van der Waals surface area contributed by atoms with Crippen LogP contribution in [0.25, 0.3) is 0 Å². The second-order valence-electron chi connectivity index (χ2n) is 9.06. The van der Waals surface area contributed by atoms with Crippen molar-refractivity contribution < 1.29 is 14.3 Å². The lowest BCUT2D eigenvalue weighted by Gasteiger charge is -2.32. The molecule has 5 nitrogen and oxygen atoms in total. The highest BCUT2D eigenvalue weighted by Crippen LogP contribution is 2.19. The van der Waals surface area contributed by atoms with E-state index in [9.17, 15) is 9.59 Å². The minimum Gasteiger partial charge on any atom is -0.494 e. The first-order valence-corrected chi connectivity index (χ1v) is 12.9. The monoisotopic (exact) mass is 486 g/mol. The molecule has 36 heavy (non-hydrogen) atoms. The Kier molecular flexibility index (Phi) is 11.0. The molecule has 0 fully saturated rings. The van der Waals surface area contributed by atoms with Crippen molar-refractivity contribution in [2.75, 3.05) is 13.2 Å². The Balaban J connectivity index is 1.79. The number of nitrogens with zero attached hydrogens (tertiary/aromatic N) is 1. The van der Waals surface area contributed by atoms with Gasteiger partial charge in [-0.25, -0.2) is 0 Å². The van der Waals surface area contributed by atoms with E-state index in [1.807, 2.05) is 91.9 Å². The number of nitrogens with one attached hydrogen (secondary N) is 1. The van der Waals surface area contributed by atoms with Gasteiger partial charge >= 0.3 is 0 Å². The molecule has 0 unspecified atom stereocenters. The first kappa shape index (κ1) is 27.0. The van der Waals surface area contributed by atoms with Gasteiger partial charge in [0, 0.05) is 25.9 Å². The molecule has 0 aliphatic rings. The molecule has 0 spiro atoms. The Hall–Kier alpha value is -3.60. The van der Waals surface area contributed by atoms with Crippen molar-refractivity contribution in [3.05, 3.63) is 102 Å². The maximum Gasteiger partial charge on any atom is 0.243 e. The van der Waals surface area contributed by atoms with Crippen molar-refractivity contribution in [2.24, 2.45) is 0 Å². The van der Waals surface area contributed by atoms with E-state index in [0.717, 1.165) is 35.3 Å². The molecule has 1 N–H and O–H groups in total. The lowest BCUT2D eigenvalue weighted by molar-refractivity contribution is -0.141. The molecule has 0 saturated carbocycles. The number of rotatable bonds is 14. The predicted molar refractivity (Wildman–Crippen MR) is 145 cm³/mol. The van der Waals surface area contributed by atoms with Crippen LogP contribution >= 0.6 is 0 Å². The zero-order chi connectivity index (χ0) is 25.6. The summed E-state index contributed by atoms with van der Waals surface area (Å²) in [5, 5.41) is 3.07. The van der Waals surface area contributed by atoms with Crippen LogP contribution in [0.3, 0.4) is 0 Å². The fraction of sp³-hybridized carbons (Fsp3) is 0.355. The zero-order valence-electron chi connectivity index (χ0n) is 21.5. The summed E-state index contributed by atoms with van der Waals surface area (Å²) in [4.78, 5) is 28.8. The largest absolute Gasteiger partial charge is 0.494 e. The molecule has 2 amide bonds. The lowest BCUT2D eigenvalue weighted by Crippen LogP contribution is -2.50. The van der Waals surface area contributed by atoms with Crippen molar-refractivity contribution >= 4 is 11.8 Å². The molecule has 0 radical (unpaired) electrons. The lowest BCUT2D eigenvalue weighted by atomic mass is 10.0. The standard InChI is InChI=1S/C31H38N2O3/c1-3-4-21-32-31(35)29(23-26-15-7-5-8-16-26)33(24-27-17-12-11-14-25(27)2)30(34)20-13-22-36-28-18-9-6-10-19-28/h5-12,14-19,29H,3-4,13,20-24H2,1-2H3,(H,32,35)/t29-/m0/s1. The number of para-hydroxylation sites is 1. The summed E-state index contributed by atoms with van der Waals surface area (Å²) in [6.07, 6.45) is 3.26. The van der Waals surface area contributed by atoms with Crippen LogP contribution in [0, 0.1) is 6.92 Å². The molecule has 3 aromatic rings. The van der Waals surface area contributed by atoms with Gasteiger partial charge in [-0.3, -0.25) is 9.59 Å². The highest BCUT2D eigenvalue weighted by Gasteiger charge is 2.30. The maximum atomic E-state index is 13.6. The van der Waals surface area contributed by atoms with Gasteiger partial charge in [-0.1, -0.05) is 86.1 Å². The number of carbonyl (C=O) groups is 2. The molecule has 0 aliphatic heterocycles. The van der Waals surface area contributed by atoms with E-state index in [1.54, 1.807) is 4.90 Å². The van der Waals surface area contributed by atoms with Gasteiger partial charge in [-0.2, -0.15) is 0 Å². The third kappa shape index (κ3) is 8.56. The van der Waals surface area contributed by atoms with Crippen LogP contribution in [0.15, 0.2) is 84.9 Å². The second kappa shape index (κ2) is 14.7. The summed E-state index contributed by atoms with van der Waals surface area (Å²) in [5.74, 6) is 0.648. The Labute approximate surface area is 215 Å². The zero-order valence-corrected chi connectivity index (χ0v) is 21.5. The molecule has 5 heteroatoms. The van der Waals surface area contributed by atoms with E-state index in [1.165, 1.54) is 0 Å². The van der Waals surface area contributed by atoms with Crippen molar-refractivity contribution in [1.29, 1.82) is 0 Å². The maximum absolute atomic E-state index is 13.6. The van der Waals surface area contributed by atoms with Crippen molar-refractivity contribution in [3.8, 4) is 5.75 Å². The number of carbonyl (C=O) groups excluding carboxylic acids is 2. The molecule has 0 saturated heterocycles. The summed E-state index contributed by atoms with van der Waals surface area (Å²) >= 11 is 0. The Morgan fingerprint density at radius 1 is 0.889 bits per heavy atom. The quantitative estimate of drug-likeness (QED) is 0.297. The summed E-state index contributed by atoms with van der Waals surface area (Å²) in [6.45, 7) is 5.58. The molecule has 0 heterocycles. The number of hydrogen-bond donors (Lipinski definition) is 1. The molecule has 0 aromatic heterocycles. The number of amides is 2. The van der Waals surface area contributed by atoms with Gasteiger partial charge in [-0.05, 0) is 48.6 Å². The number of aryl methyl sites for hydroxylation is 1. The van der Waals surface area contributed by atoms with Crippen LogP contribution < -0.4 is 10.1 Å². The molecular weight excluding hydrogens is 448 g/mol. The van der Waals surface area contributed by atoms with Gasteiger partial charge in [0.25, 0.3) is 0 Å². The number of benzene rings is 3. The minimum absolute atomic E-state index is 0.0403. The Morgan fingerprint density at radius 2 is 1.56 bits per heavy atom. The first-order chi connectivity index (χ1) is 17.6. The molecule has 190 valence electrons. The van der Waals surface area contributed by atoms with E-state index in [4.69, 9.17) is 4.74 Å². The van der Waals surface area contributed by atoms with Gasteiger partial charge in [0.2, 0.25) is 11.8 Å². The van der Waals surface area contributed by atoms with E-state index in [0.29, 0.717) is 39.0 Å². The van der Waals surface area contributed by atoms with Crippen LogP contribution in [-0.4, -0.2) is 35.9 Å². The molecule has 0 bridgehead atoms. The fourth-order valence-corrected chi connectivity index (χ4v) is 4.10. The SMILES string of the molecule is CCCCNC(=O)[C@H](Cc1ccccc1)N(Cc1ccccc1C)C(=O)CCCOc1ccccc1. The smallest absolute Gasteiger partial charge is 0.243 e. The highest BCUT2D eigenvalue weighted by atomic mass is 16.5. The molecule has 1 atom stereocenters. The summed E-state index contributed by atoms with van der Waals surface area (Å²) in [6, 6.07) is 27.0. The van der Waals surface area contributed by atoms with Crippen molar-refractivity contribution in [2.45, 2.75) is 58.5 Å². The summed E-state index contributed by atoms with van der Waals surface area (Å²) in [7, 11) is 0. The first-order valence-electron chi connectivity index (χ1n) is 12.9. The van der Waals surface area contributed by atoms with Gasteiger partial charge in [0.1, 0.15) is 11.8 Å². The van der Waals surface area contributed by atoms with Crippen molar-refractivity contribution in [3.63, 3.8) is 0 Å². The van der Waals surface area contributed by atoms with Crippen LogP contribution in [0.4, 0.5) is 0 Å². The average Bonchev–Trinajstić information content (AvgIpc) is 2.91. The normalized spacial score (nSPS) is 11.5. The topological polar surface area (TPSA) is 58.6 Å². The van der Waals surface area contributed by atoms with E-state index in [-0.39, 0.29) is 11.8 Å². The van der Waals surface area contributed by atoms with Crippen LogP contribution in [0.2, 0.25) is 0 Å². The van der Waals surface area contributed by atoms with Crippen LogP contribution in [-0.2, 0) is 22.6 Å². The summed E-state index contributed by atoms with van der Waals surface area (Å²) in [5.41, 5.74) is 3.18. The van der Waals surface area contributed by atoms with Gasteiger partial charge in [0.05, 0.1) is 6.61 Å². The second-order valence-corrected chi connectivity index (χ2v) is 9.06. The third-order valence-electron chi connectivity index (χ3n) is 6.25. The minimum atomic E-state index is -0.591. The number of hydrogen-bond acceptors (Lipinski definition) is 3. The Morgan fingerprint density at radius 3 is 2.25 bits per heavy atom. The van der Waals surface area contributed by atoms with Gasteiger partial charge < -0.3 is 15.0 Å². The highest BCUT2D eigenvalue weighted by molar-refractivity contribution is 5.88. The van der Waals surface area contributed by atoms with Crippen molar-refractivity contribution in [1.82, 2.24) is 10.2 Å².